The molecule has 24 heteroatoms. The first-order valence-electron chi connectivity index (χ1n) is 13.4. The Morgan fingerprint density at radius 1 is 0.936 bits per heavy atom. The lowest BCUT2D eigenvalue weighted by atomic mass is 10.1. The number of nitro benzene ring substituents is 1. The molecule has 0 aliphatic carbocycles. The van der Waals surface area contributed by atoms with Gasteiger partial charge in [0.25, 0.3) is 11.2 Å². The molecule has 0 amide bonds. The molecule has 2 saturated heterocycles. The number of ether oxygens (including phenoxy) is 3. The highest BCUT2D eigenvalue weighted by Gasteiger charge is 2.49. The van der Waals surface area contributed by atoms with Crippen molar-refractivity contribution in [2.75, 3.05) is 27.4 Å². The second kappa shape index (κ2) is 14.1. The number of phosphoric ester groups is 2. The second-order valence-electron chi connectivity index (χ2n) is 9.93. The molecule has 0 bridgehead atoms. The number of aliphatic hydroxyl groups excluding tert-OH is 4. The minimum absolute atomic E-state index is 0.0451. The van der Waals surface area contributed by atoms with Crippen LogP contribution < -0.4 is 10.3 Å². The summed E-state index contributed by atoms with van der Waals surface area (Å²) in [6.07, 6.45) is -9.71. The van der Waals surface area contributed by atoms with Gasteiger partial charge in [-0.25, -0.2) is 19.1 Å². The largest absolute Gasteiger partial charge is 0.483 e. The van der Waals surface area contributed by atoms with Gasteiger partial charge in [-0.1, -0.05) is 0 Å². The summed E-state index contributed by atoms with van der Waals surface area (Å²) in [7, 11) is -7.86. The molecular formula is C23H29N5O17P2. The zero-order valence-corrected chi connectivity index (χ0v) is 26.1. The monoisotopic (exact) mass is 709 g/mol. The zero-order chi connectivity index (χ0) is 34.1. The Balaban J connectivity index is 1.18. The minimum Gasteiger partial charge on any atom is -0.462 e. The number of aliphatic hydroxyl groups is 4. The molecule has 5 rings (SSSR count). The fourth-order valence-electron chi connectivity index (χ4n) is 4.55. The number of hydrogen-bond acceptors (Lipinski definition) is 19. The number of nitro groups is 1. The Kier molecular flexibility index (Phi) is 10.5. The highest BCUT2D eigenvalue weighted by atomic mass is 31.3. The minimum atomic E-state index is -4.81. The summed E-state index contributed by atoms with van der Waals surface area (Å²) in [5, 5.41) is 52.7. The fourth-order valence-corrected chi connectivity index (χ4v) is 7.31. The number of benzene rings is 1. The van der Waals surface area contributed by atoms with Crippen molar-refractivity contribution in [1.29, 1.82) is 0 Å². The third kappa shape index (κ3) is 7.44. The van der Waals surface area contributed by atoms with E-state index in [1.807, 2.05) is 0 Å². The maximum absolute atomic E-state index is 13.2. The summed E-state index contributed by atoms with van der Waals surface area (Å²) < 4.78 is 68.9. The number of nitrogens with one attached hydrogen (secondary N) is 1. The van der Waals surface area contributed by atoms with Crippen molar-refractivity contribution in [1.82, 2.24) is 19.5 Å². The second-order valence-corrected chi connectivity index (χ2v) is 13.6. The van der Waals surface area contributed by atoms with Crippen molar-refractivity contribution in [3.05, 3.63) is 57.4 Å². The number of nitrogens with zero attached hydrogens (tertiary/aromatic N) is 4. The van der Waals surface area contributed by atoms with Gasteiger partial charge in [0.05, 0.1) is 30.8 Å². The highest BCUT2D eigenvalue weighted by molar-refractivity contribution is 7.62. The lowest BCUT2D eigenvalue weighted by Crippen LogP contribution is -2.35. The molecule has 5 N–H and O–H groups in total. The van der Waals surface area contributed by atoms with Crippen molar-refractivity contribution in [2.24, 2.45) is 0 Å². The maximum atomic E-state index is 13.2. The summed E-state index contributed by atoms with van der Waals surface area (Å²) in [6.45, 7) is -1.51. The maximum Gasteiger partial charge on any atom is 0.483 e. The first-order chi connectivity index (χ1) is 22.3. The van der Waals surface area contributed by atoms with E-state index in [1.54, 1.807) is 0 Å². The number of fused-ring (bicyclic) bond motifs is 1. The number of H-pyrrole nitrogens is 1. The topological polar surface area (TPSA) is 296 Å². The van der Waals surface area contributed by atoms with Crippen LogP contribution >= 0.6 is 15.6 Å². The van der Waals surface area contributed by atoms with E-state index in [2.05, 4.69) is 15.0 Å². The summed E-state index contributed by atoms with van der Waals surface area (Å²) in [4.78, 5) is 32.4. The van der Waals surface area contributed by atoms with Gasteiger partial charge in [-0.15, -0.1) is 0 Å². The van der Waals surface area contributed by atoms with E-state index in [1.165, 1.54) is 23.0 Å². The predicted octanol–water partition coefficient (Wildman–Crippen LogP) is -0.268. The molecule has 3 aromatic rings. The zero-order valence-electron chi connectivity index (χ0n) is 24.3. The number of aromatic amines is 1. The van der Waals surface area contributed by atoms with Crippen LogP contribution in [0.2, 0.25) is 0 Å². The number of phosphoric acid groups is 2. The standard InChI is InChI=1S/C23H29N5O17P2/c1-38-46(36,40-7-13-16(29)18(31)22(43-13)27-10-26-15-20(27)24-9-25-21(15)33)45-47(37,39-2)41-8-14-17(30)19(32)23(44-14)42-12-5-3-11(4-6-12)28(34)35/h3-6,9-10,13-14,16-19,22-23,29-32H,7-8H2,1-2H3,(H,24,25,33)/t13?,14?,16-,17?,18-,19?,22?,23?,46?,47?/m1/s1. The molecule has 10 atom stereocenters. The van der Waals surface area contributed by atoms with Gasteiger partial charge >= 0.3 is 15.6 Å². The Labute approximate surface area is 263 Å². The van der Waals surface area contributed by atoms with Crippen LogP contribution in [0.25, 0.3) is 11.2 Å². The number of imidazole rings is 1. The van der Waals surface area contributed by atoms with Crippen LogP contribution in [0.4, 0.5) is 5.69 Å². The lowest BCUT2D eigenvalue weighted by Gasteiger charge is -2.24. The molecule has 258 valence electrons. The first-order valence-corrected chi connectivity index (χ1v) is 16.4. The third-order valence-electron chi connectivity index (χ3n) is 7.04. The number of hydrogen-bond donors (Lipinski definition) is 5. The lowest BCUT2D eigenvalue weighted by molar-refractivity contribution is -0.384. The van der Waals surface area contributed by atoms with Crippen LogP contribution in [-0.4, -0.2) is 115 Å². The molecule has 0 spiro atoms. The van der Waals surface area contributed by atoms with Crippen molar-refractivity contribution in [3.8, 4) is 5.75 Å². The molecule has 2 aliphatic heterocycles. The summed E-state index contributed by atoms with van der Waals surface area (Å²) in [5.74, 6) is 0.0676. The Hall–Kier alpha value is -3.21. The fraction of sp³-hybridized carbons (Fsp3) is 0.522. The average Bonchev–Trinajstić information content (AvgIpc) is 3.69. The van der Waals surface area contributed by atoms with Crippen LogP contribution in [0.5, 0.6) is 5.75 Å². The molecule has 2 aromatic heterocycles. The van der Waals surface area contributed by atoms with Gasteiger partial charge in [-0.3, -0.25) is 37.6 Å². The Morgan fingerprint density at radius 3 is 2.13 bits per heavy atom. The van der Waals surface area contributed by atoms with E-state index < -0.39 is 88.5 Å². The number of rotatable bonds is 14. The molecule has 8 unspecified atom stereocenters. The van der Waals surface area contributed by atoms with E-state index in [4.69, 9.17) is 36.6 Å². The smallest absolute Gasteiger partial charge is 0.462 e. The number of non-ortho nitro benzene ring substituents is 1. The molecule has 0 radical (unpaired) electrons. The normalized spacial score (nSPS) is 30.3. The molecule has 0 saturated carbocycles. The van der Waals surface area contributed by atoms with Gasteiger partial charge in [-0.05, 0) is 12.1 Å². The van der Waals surface area contributed by atoms with E-state index in [0.717, 1.165) is 32.7 Å². The highest BCUT2D eigenvalue weighted by Crippen LogP contribution is 2.65. The Bertz CT molecular complexity index is 1720. The van der Waals surface area contributed by atoms with E-state index in [-0.39, 0.29) is 22.6 Å². The molecular weight excluding hydrogens is 680 g/mol. The van der Waals surface area contributed by atoms with Crippen molar-refractivity contribution in [3.63, 3.8) is 0 Å². The van der Waals surface area contributed by atoms with Crippen molar-refractivity contribution >= 4 is 32.5 Å². The van der Waals surface area contributed by atoms with Gasteiger partial charge in [0.2, 0.25) is 6.29 Å². The molecule has 4 heterocycles. The van der Waals surface area contributed by atoms with E-state index in [9.17, 15) is 44.5 Å². The van der Waals surface area contributed by atoms with Crippen LogP contribution in [0.1, 0.15) is 6.23 Å². The third-order valence-corrected chi connectivity index (χ3v) is 10.5. The van der Waals surface area contributed by atoms with Crippen LogP contribution in [0.15, 0.2) is 41.7 Å². The SMILES string of the molecule is COP(=O)(OCC1OC(Oc2ccc([N+](=O)[O-])cc2)C(O)C1O)OP(=O)(OC)OCC1OC(n2cnc3c(=O)[nH]cnc32)[C@H](O)[C@@H]1O. The Morgan fingerprint density at radius 2 is 1.53 bits per heavy atom. The molecule has 22 nitrogen and oxygen atoms in total. The van der Waals surface area contributed by atoms with Crippen LogP contribution in [0.3, 0.4) is 0 Å². The summed E-state index contributed by atoms with van der Waals surface area (Å²) in [5.41, 5.74) is -0.769. The van der Waals surface area contributed by atoms with Gasteiger partial charge < -0.3 is 39.6 Å². The van der Waals surface area contributed by atoms with Crippen molar-refractivity contribution < 1.29 is 71.1 Å². The first kappa shape index (κ1) is 35.1. The van der Waals surface area contributed by atoms with Gasteiger partial charge in [0, 0.05) is 26.4 Å². The van der Waals surface area contributed by atoms with Gasteiger partial charge in [0.1, 0.15) is 42.4 Å². The van der Waals surface area contributed by atoms with E-state index >= 15 is 0 Å². The van der Waals surface area contributed by atoms with Gasteiger partial charge in [0.15, 0.2) is 17.4 Å². The van der Waals surface area contributed by atoms with E-state index in [0.29, 0.717) is 0 Å². The molecule has 2 aliphatic rings. The quantitative estimate of drug-likeness (QED) is 0.0817. The molecule has 1 aromatic carbocycles. The molecule has 2 fully saturated rings. The van der Waals surface area contributed by atoms with Crippen LogP contribution in [0, 0.1) is 10.1 Å². The van der Waals surface area contributed by atoms with Gasteiger partial charge in [-0.2, -0.15) is 4.31 Å². The van der Waals surface area contributed by atoms with Crippen molar-refractivity contribution in [2.45, 2.75) is 49.1 Å². The van der Waals surface area contributed by atoms with Crippen LogP contribution in [-0.2, 0) is 41.0 Å². The predicted molar refractivity (Wildman–Crippen MR) is 151 cm³/mol. The summed E-state index contributed by atoms with van der Waals surface area (Å²) >= 11 is 0. The number of aromatic nitrogens is 4. The average molecular weight is 709 g/mol. The summed E-state index contributed by atoms with van der Waals surface area (Å²) in [6, 6.07) is 4.79. The molecule has 47 heavy (non-hydrogen) atoms.